The van der Waals surface area contributed by atoms with Crippen molar-refractivity contribution in [3.63, 3.8) is 0 Å². The maximum atomic E-state index is 12.9. The normalized spacial score (nSPS) is 15.0. The van der Waals surface area contributed by atoms with Crippen molar-refractivity contribution in [2.75, 3.05) is 5.32 Å². The number of carbonyl (C=O) groups excluding carboxylic acids is 1. The third kappa shape index (κ3) is 4.23. The van der Waals surface area contributed by atoms with E-state index < -0.39 is 0 Å². The van der Waals surface area contributed by atoms with Crippen LogP contribution in [0.2, 0.25) is 0 Å². The lowest BCUT2D eigenvalue weighted by Crippen LogP contribution is -2.36. The molecule has 1 fully saturated rings. The minimum absolute atomic E-state index is 0.0711. The smallest absolute Gasteiger partial charge is 0.255 e. The molecule has 2 N–H and O–H groups in total. The summed E-state index contributed by atoms with van der Waals surface area (Å²) < 4.78 is 1.71. The lowest BCUT2D eigenvalue weighted by Gasteiger charge is -2.23. The Morgan fingerprint density at radius 1 is 1.10 bits per heavy atom. The second-order valence-electron chi connectivity index (χ2n) is 8.18. The molecular weight excluding hydrogens is 364 g/mol. The fourth-order valence-electron chi connectivity index (χ4n) is 3.88. The molecule has 1 aliphatic rings. The molecule has 152 valence electrons. The fraction of sp³-hybridized carbons (Fsp3) is 0.455. The third-order valence-electron chi connectivity index (χ3n) is 5.28. The van der Waals surface area contributed by atoms with E-state index in [4.69, 9.17) is 0 Å². The lowest BCUT2D eigenvalue weighted by atomic mass is 9.95. The van der Waals surface area contributed by atoms with Crippen LogP contribution in [0, 0.1) is 6.92 Å². The van der Waals surface area contributed by atoms with Crippen LogP contribution in [0.4, 0.5) is 5.69 Å². The van der Waals surface area contributed by atoms with Gasteiger partial charge in [-0.3, -0.25) is 4.79 Å². The van der Waals surface area contributed by atoms with Crippen LogP contribution < -0.4 is 10.6 Å². The number of nitrogens with one attached hydrogen (secondary N) is 2. The first kappa shape index (κ1) is 19.4. The zero-order valence-electron chi connectivity index (χ0n) is 17.3. The van der Waals surface area contributed by atoms with Crippen LogP contribution in [0.3, 0.4) is 0 Å². The average Bonchev–Trinajstić information content (AvgIpc) is 3.11. The van der Waals surface area contributed by atoms with Gasteiger partial charge in [0.05, 0.1) is 17.4 Å². The highest BCUT2D eigenvalue weighted by molar-refractivity contribution is 5.99. The van der Waals surface area contributed by atoms with Crippen molar-refractivity contribution >= 4 is 22.6 Å². The van der Waals surface area contributed by atoms with Crippen LogP contribution in [-0.2, 0) is 0 Å². The van der Waals surface area contributed by atoms with Crippen molar-refractivity contribution in [3.8, 4) is 5.82 Å². The molecule has 0 radical (unpaired) electrons. The van der Waals surface area contributed by atoms with Crippen molar-refractivity contribution < 1.29 is 4.79 Å². The molecule has 3 heterocycles. The standard InChI is InChI=1S/C22H28N6O/c1-14(2)26-19-10-20(28-21-16(12-25-28)9-15(3)11-24-21)23-13-18(19)22(29)27-17-7-5-4-6-8-17/h9-14,17H,4-8H2,1-3H3,(H,23,26)(H,27,29). The van der Waals surface area contributed by atoms with Gasteiger partial charge in [0.15, 0.2) is 11.5 Å². The van der Waals surface area contributed by atoms with Gasteiger partial charge in [0.1, 0.15) is 0 Å². The third-order valence-corrected chi connectivity index (χ3v) is 5.28. The number of carbonyl (C=O) groups is 1. The van der Waals surface area contributed by atoms with E-state index in [0.717, 1.165) is 35.1 Å². The van der Waals surface area contributed by atoms with Gasteiger partial charge in [0.2, 0.25) is 0 Å². The molecule has 4 rings (SSSR count). The number of aromatic nitrogens is 4. The Morgan fingerprint density at radius 3 is 2.66 bits per heavy atom. The Balaban J connectivity index is 1.67. The summed E-state index contributed by atoms with van der Waals surface area (Å²) in [6, 6.07) is 4.36. The van der Waals surface area contributed by atoms with Gasteiger partial charge in [0, 0.05) is 35.9 Å². The Hall–Kier alpha value is -2.96. The summed E-state index contributed by atoms with van der Waals surface area (Å²) in [6.07, 6.45) is 11.0. The number of nitrogens with zero attached hydrogens (tertiary/aromatic N) is 4. The largest absolute Gasteiger partial charge is 0.382 e. The maximum Gasteiger partial charge on any atom is 0.255 e. The number of hydrogen-bond donors (Lipinski definition) is 2. The van der Waals surface area contributed by atoms with Gasteiger partial charge in [-0.25, -0.2) is 9.97 Å². The van der Waals surface area contributed by atoms with E-state index in [0.29, 0.717) is 11.4 Å². The summed E-state index contributed by atoms with van der Waals surface area (Å²) in [5.74, 6) is 0.562. The van der Waals surface area contributed by atoms with E-state index >= 15 is 0 Å². The number of anilines is 1. The van der Waals surface area contributed by atoms with E-state index in [-0.39, 0.29) is 18.0 Å². The monoisotopic (exact) mass is 392 g/mol. The van der Waals surface area contributed by atoms with Gasteiger partial charge in [0.25, 0.3) is 5.91 Å². The molecule has 3 aromatic rings. The number of fused-ring (bicyclic) bond motifs is 1. The van der Waals surface area contributed by atoms with Crippen molar-refractivity contribution in [3.05, 3.63) is 41.9 Å². The number of amides is 1. The van der Waals surface area contributed by atoms with Gasteiger partial charge in [-0.15, -0.1) is 0 Å². The topological polar surface area (TPSA) is 84.7 Å². The van der Waals surface area contributed by atoms with Gasteiger partial charge >= 0.3 is 0 Å². The summed E-state index contributed by atoms with van der Waals surface area (Å²) in [7, 11) is 0. The highest BCUT2D eigenvalue weighted by atomic mass is 16.1. The molecule has 0 spiro atoms. The summed E-state index contributed by atoms with van der Waals surface area (Å²) >= 11 is 0. The Morgan fingerprint density at radius 2 is 1.90 bits per heavy atom. The van der Waals surface area contributed by atoms with E-state index in [1.54, 1.807) is 17.1 Å². The fourth-order valence-corrected chi connectivity index (χ4v) is 3.88. The molecule has 0 aliphatic heterocycles. The first-order valence-corrected chi connectivity index (χ1v) is 10.4. The molecule has 0 aromatic carbocycles. The molecule has 0 saturated heterocycles. The van der Waals surface area contributed by atoms with Crippen LogP contribution in [0.1, 0.15) is 61.9 Å². The highest BCUT2D eigenvalue weighted by Crippen LogP contribution is 2.23. The second-order valence-corrected chi connectivity index (χ2v) is 8.18. The summed E-state index contributed by atoms with van der Waals surface area (Å²) in [5, 5.41) is 12.0. The second kappa shape index (κ2) is 8.19. The van der Waals surface area contributed by atoms with Crippen molar-refractivity contribution in [1.29, 1.82) is 0 Å². The molecule has 0 atom stereocenters. The molecule has 29 heavy (non-hydrogen) atoms. The van der Waals surface area contributed by atoms with Crippen LogP contribution in [0.15, 0.2) is 30.7 Å². The summed E-state index contributed by atoms with van der Waals surface area (Å²) in [6.45, 7) is 6.11. The van der Waals surface area contributed by atoms with Crippen LogP contribution >= 0.6 is 0 Å². The van der Waals surface area contributed by atoms with E-state index in [1.807, 2.05) is 25.3 Å². The minimum Gasteiger partial charge on any atom is -0.382 e. The zero-order chi connectivity index (χ0) is 20.4. The molecule has 7 heteroatoms. The Labute approximate surface area is 170 Å². The molecule has 1 saturated carbocycles. The predicted molar refractivity (Wildman–Crippen MR) is 114 cm³/mol. The average molecular weight is 393 g/mol. The molecular formula is C22H28N6O. The number of rotatable bonds is 5. The minimum atomic E-state index is -0.0711. The molecule has 1 aliphatic carbocycles. The Bertz CT molecular complexity index is 1020. The zero-order valence-corrected chi connectivity index (χ0v) is 17.3. The molecule has 0 bridgehead atoms. The van der Waals surface area contributed by atoms with Crippen LogP contribution in [0.5, 0.6) is 0 Å². The summed E-state index contributed by atoms with van der Waals surface area (Å²) in [4.78, 5) is 22.0. The first-order valence-electron chi connectivity index (χ1n) is 10.4. The highest BCUT2D eigenvalue weighted by Gasteiger charge is 2.20. The van der Waals surface area contributed by atoms with Gasteiger partial charge < -0.3 is 10.6 Å². The van der Waals surface area contributed by atoms with E-state index in [1.165, 1.54) is 19.3 Å². The van der Waals surface area contributed by atoms with E-state index in [9.17, 15) is 4.79 Å². The SMILES string of the molecule is Cc1cnc2c(cnn2-c2cc(NC(C)C)c(C(=O)NC3CCCCC3)cn2)c1. The number of hydrogen-bond acceptors (Lipinski definition) is 5. The Kier molecular flexibility index (Phi) is 5.47. The van der Waals surface area contributed by atoms with Crippen molar-refractivity contribution in [1.82, 2.24) is 25.1 Å². The number of pyridine rings is 2. The van der Waals surface area contributed by atoms with Crippen molar-refractivity contribution in [2.24, 2.45) is 0 Å². The van der Waals surface area contributed by atoms with Gasteiger partial charge in [-0.05, 0) is 45.2 Å². The molecule has 0 unspecified atom stereocenters. The molecule has 7 nitrogen and oxygen atoms in total. The van der Waals surface area contributed by atoms with Crippen LogP contribution in [-0.4, -0.2) is 37.7 Å². The van der Waals surface area contributed by atoms with E-state index in [2.05, 4.69) is 39.5 Å². The maximum absolute atomic E-state index is 12.9. The lowest BCUT2D eigenvalue weighted by molar-refractivity contribution is 0.0928. The van der Waals surface area contributed by atoms with Crippen LogP contribution in [0.25, 0.3) is 16.9 Å². The summed E-state index contributed by atoms with van der Waals surface area (Å²) in [5.41, 5.74) is 3.15. The van der Waals surface area contributed by atoms with Gasteiger partial charge in [-0.1, -0.05) is 19.3 Å². The molecule has 3 aromatic heterocycles. The van der Waals surface area contributed by atoms with Crippen molar-refractivity contribution in [2.45, 2.75) is 65.0 Å². The quantitative estimate of drug-likeness (QED) is 0.685. The van der Waals surface area contributed by atoms with Gasteiger partial charge in [-0.2, -0.15) is 9.78 Å². The predicted octanol–water partition coefficient (Wildman–Crippen LogP) is 4.01. The number of aryl methyl sites for hydroxylation is 1. The molecule has 1 amide bonds. The first-order chi connectivity index (χ1) is 14.0.